The van der Waals surface area contributed by atoms with E-state index in [0.717, 1.165) is 0 Å². The lowest BCUT2D eigenvalue weighted by molar-refractivity contribution is -0.122. The summed E-state index contributed by atoms with van der Waals surface area (Å²) in [7, 11) is 0. The first-order chi connectivity index (χ1) is 7.61. The molecule has 1 aromatic carbocycles. The van der Waals surface area contributed by atoms with Crippen LogP contribution in [0.15, 0.2) is 18.2 Å². The van der Waals surface area contributed by atoms with E-state index in [0.29, 0.717) is 17.0 Å². The van der Waals surface area contributed by atoms with Gasteiger partial charge >= 0.3 is 0 Å². The second kappa shape index (κ2) is 3.82. The number of hydrazine groups is 1. The highest BCUT2D eigenvalue weighted by Gasteiger charge is 2.24. The number of fused-ring (bicyclic) bond motifs is 1. The second-order valence-corrected chi connectivity index (χ2v) is 3.43. The molecule has 2 rings (SSSR count). The Morgan fingerprint density at radius 3 is 3.00 bits per heavy atom. The van der Waals surface area contributed by atoms with Crippen LogP contribution in [0.5, 0.6) is 5.75 Å². The van der Waals surface area contributed by atoms with Crippen molar-refractivity contribution in [1.29, 1.82) is 0 Å². The van der Waals surface area contributed by atoms with Crippen molar-refractivity contribution in [2.75, 3.05) is 5.32 Å². The van der Waals surface area contributed by atoms with Gasteiger partial charge in [-0.15, -0.1) is 0 Å². The summed E-state index contributed by atoms with van der Waals surface area (Å²) >= 11 is 0. The van der Waals surface area contributed by atoms with Gasteiger partial charge in [0.15, 0.2) is 6.10 Å². The molecule has 16 heavy (non-hydrogen) atoms. The summed E-state index contributed by atoms with van der Waals surface area (Å²) in [6, 6.07) is 4.71. The van der Waals surface area contributed by atoms with Crippen molar-refractivity contribution in [1.82, 2.24) is 5.43 Å². The van der Waals surface area contributed by atoms with E-state index in [-0.39, 0.29) is 5.91 Å². The van der Waals surface area contributed by atoms with Gasteiger partial charge in [-0.1, -0.05) is 0 Å². The monoisotopic (exact) mass is 221 g/mol. The Kier molecular flexibility index (Phi) is 2.49. The molecule has 1 heterocycles. The van der Waals surface area contributed by atoms with Gasteiger partial charge in [0.1, 0.15) is 5.75 Å². The molecule has 0 bridgehead atoms. The Balaban J connectivity index is 2.36. The minimum atomic E-state index is -0.526. The molecule has 4 N–H and O–H groups in total. The van der Waals surface area contributed by atoms with Crippen LogP contribution in [0.25, 0.3) is 0 Å². The molecule has 0 radical (unpaired) electrons. The molecule has 1 aliphatic rings. The highest BCUT2D eigenvalue weighted by molar-refractivity contribution is 6.00. The number of rotatable bonds is 1. The van der Waals surface area contributed by atoms with E-state index in [2.05, 4.69) is 5.32 Å². The number of nitrogens with two attached hydrogens (primary N) is 1. The highest BCUT2D eigenvalue weighted by atomic mass is 16.5. The predicted molar refractivity (Wildman–Crippen MR) is 56.8 cm³/mol. The first kappa shape index (κ1) is 10.4. The molecule has 84 valence electrons. The maximum Gasteiger partial charge on any atom is 0.265 e. The van der Waals surface area contributed by atoms with E-state index in [1.807, 2.05) is 5.43 Å². The maximum absolute atomic E-state index is 11.3. The Morgan fingerprint density at radius 2 is 2.31 bits per heavy atom. The smallest absolute Gasteiger partial charge is 0.265 e. The van der Waals surface area contributed by atoms with Crippen molar-refractivity contribution < 1.29 is 14.3 Å². The van der Waals surface area contributed by atoms with Crippen LogP contribution >= 0.6 is 0 Å². The third-order valence-electron chi connectivity index (χ3n) is 2.30. The lowest BCUT2D eigenvalue weighted by Gasteiger charge is -2.23. The van der Waals surface area contributed by atoms with Gasteiger partial charge in [0.2, 0.25) is 0 Å². The van der Waals surface area contributed by atoms with Gasteiger partial charge in [-0.05, 0) is 25.1 Å². The van der Waals surface area contributed by atoms with Crippen molar-refractivity contribution in [3.63, 3.8) is 0 Å². The fourth-order valence-corrected chi connectivity index (χ4v) is 1.43. The number of nitrogens with one attached hydrogen (secondary N) is 2. The van der Waals surface area contributed by atoms with E-state index < -0.39 is 12.0 Å². The zero-order valence-electron chi connectivity index (χ0n) is 8.61. The number of carbonyl (C=O) groups is 2. The molecule has 2 amide bonds. The molecule has 1 atom stereocenters. The van der Waals surface area contributed by atoms with Crippen molar-refractivity contribution >= 4 is 17.5 Å². The van der Waals surface area contributed by atoms with Crippen molar-refractivity contribution in [3.05, 3.63) is 23.8 Å². The number of ether oxygens (including phenoxy) is 1. The molecule has 6 heteroatoms. The van der Waals surface area contributed by atoms with Crippen LogP contribution in [-0.4, -0.2) is 17.9 Å². The summed E-state index contributed by atoms with van der Waals surface area (Å²) in [6.45, 7) is 1.65. The standard InChI is InChI=1S/C10H11N3O3/c1-5-9(14)12-7-4-6(10(15)13-11)2-3-8(7)16-5/h2-5H,11H2,1H3,(H,12,14)(H,13,15). The number of nitrogen functional groups attached to an aromatic ring is 1. The molecule has 6 nitrogen and oxygen atoms in total. The molecule has 0 saturated heterocycles. The predicted octanol–water partition coefficient (Wildman–Crippen LogP) is 0.00950. The lowest BCUT2D eigenvalue weighted by atomic mass is 10.1. The van der Waals surface area contributed by atoms with Crippen molar-refractivity contribution in [3.8, 4) is 5.75 Å². The topological polar surface area (TPSA) is 93.4 Å². The molecule has 1 aliphatic heterocycles. The Labute approximate surface area is 91.7 Å². The Morgan fingerprint density at radius 1 is 1.56 bits per heavy atom. The fourth-order valence-electron chi connectivity index (χ4n) is 1.43. The molecule has 1 unspecified atom stereocenters. The molecular weight excluding hydrogens is 210 g/mol. The molecule has 1 aromatic rings. The number of benzene rings is 1. The largest absolute Gasteiger partial charge is 0.479 e. The van der Waals surface area contributed by atoms with Crippen LogP contribution < -0.4 is 21.3 Å². The van der Waals surface area contributed by atoms with Crippen LogP contribution in [0, 0.1) is 0 Å². The van der Waals surface area contributed by atoms with E-state index >= 15 is 0 Å². The summed E-state index contributed by atoms with van der Waals surface area (Å²) in [5, 5.41) is 2.64. The summed E-state index contributed by atoms with van der Waals surface area (Å²) in [5.41, 5.74) is 2.85. The number of anilines is 1. The van der Waals surface area contributed by atoms with Gasteiger partial charge in [-0.3, -0.25) is 15.0 Å². The molecule has 0 aromatic heterocycles. The Hall–Kier alpha value is -2.08. The summed E-state index contributed by atoms with van der Waals surface area (Å²) in [6.07, 6.45) is -0.526. The van der Waals surface area contributed by atoms with Crippen molar-refractivity contribution in [2.24, 2.45) is 5.84 Å². The van der Waals surface area contributed by atoms with Gasteiger partial charge in [0, 0.05) is 5.56 Å². The van der Waals surface area contributed by atoms with E-state index in [1.54, 1.807) is 19.1 Å². The zero-order chi connectivity index (χ0) is 11.7. The molecular formula is C10H11N3O3. The van der Waals surface area contributed by atoms with E-state index in [9.17, 15) is 9.59 Å². The summed E-state index contributed by atoms with van der Waals surface area (Å²) in [4.78, 5) is 22.6. The first-order valence-corrected chi connectivity index (χ1v) is 4.74. The third-order valence-corrected chi connectivity index (χ3v) is 2.30. The Bertz CT molecular complexity index is 459. The molecule has 0 fully saturated rings. The minimum absolute atomic E-state index is 0.238. The van der Waals surface area contributed by atoms with E-state index in [1.165, 1.54) is 6.07 Å². The molecule has 0 spiro atoms. The van der Waals surface area contributed by atoms with Crippen LogP contribution in [-0.2, 0) is 4.79 Å². The van der Waals surface area contributed by atoms with Gasteiger partial charge in [-0.2, -0.15) is 0 Å². The quantitative estimate of drug-likeness (QED) is 0.354. The molecule has 0 saturated carbocycles. The van der Waals surface area contributed by atoms with Gasteiger partial charge in [0.25, 0.3) is 11.8 Å². The van der Waals surface area contributed by atoms with Crippen molar-refractivity contribution in [2.45, 2.75) is 13.0 Å². The van der Waals surface area contributed by atoms with Gasteiger partial charge in [-0.25, -0.2) is 5.84 Å². The second-order valence-electron chi connectivity index (χ2n) is 3.43. The lowest BCUT2D eigenvalue weighted by Crippen LogP contribution is -2.35. The van der Waals surface area contributed by atoms with Gasteiger partial charge in [0.05, 0.1) is 5.69 Å². The van der Waals surface area contributed by atoms with Crippen LogP contribution in [0.1, 0.15) is 17.3 Å². The summed E-state index contributed by atoms with van der Waals surface area (Å²) in [5.74, 6) is 4.89. The number of amides is 2. The number of hydrogen-bond acceptors (Lipinski definition) is 4. The average molecular weight is 221 g/mol. The SMILES string of the molecule is CC1Oc2ccc(C(=O)NN)cc2NC1=O. The maximum atomic E-state index is 11.3. The third kappa shape index (κ3) is 1.70. The first-order valence-electron chi connectivity index (χ1n) is 4.74. The van der Waals surface area contributed by atoms with Crippen LogP contribution in [0.3, 0.4) is 0 Å². The highest BCUT2D eigenvalue weighted by Crippen LogP contribution is 2.30. The minimum Gasteiger partial charge on any atom is -0.479 e. The average Bonchev–Trinajstić information content (AvgIpc) is 2.29. The zero-order valence-corrected chi connectivity index (χ0v) is 8.61. The number of carbonyl (C=O) groups excluding carboxylic acids is 2. The van der Waals surface area contributed by atoms with Gasteiger partial charge < -0.3 is 10.1 Å². The normalized spacial score (nSPS) is 18.1. The number of hydrogen-bond donors (Lipinski definition) is 3. The van der Waals surface area contributed by atoms with E-state index in [4.69, 9.17) is 10.6 Å². The van der Waals surface area contributed by atoms with Crippen LogP contribution in [0.4, 0.5) is 5.69 Å². The van der Waals surface area contributed by atoms with Crippen LogP contribution in [0.2, 0.25) is 0 Å². The summed E-state index contributed by atoms with van der Waals surface area (Å²) < 4.78 is 5.34. The fraction of sp³-hybridized carbons (Fsp3) is 0.200. The molecule has 0 aliphatic carbocycles.